The molecule has 206 valence electrons. The number of aromatic nitrogens is 1. The van der Waals surface area contributed by atoms with E-state index in [0.29, 0.717) is 17.1 Å². The van der Waals surface area contributed by atoms with E-state index < -0.39 is 11.6 Å². The third-order valence-corrected chi connectivity index (χ3v) is 6.78. The zero-order chi connectivity index (χ0) is 27.7. The van der Waals surface area contributed by atoms with Crippen LogP contribution < -0.4 is 9.47 Å². The van der Waals surface area contributed by atoms with Crippen LogP contribution in [0.25, 0.3) is 5.57 Å². The van der Waals surface area contributed by atoms with Crippen molar-refractivity contribution in [1.82, 2.24) is 9.88 Å². The molecule has 0 saturated carbocycles. The van der Waals surface area contributed by atoms with Gasteiger partial charge in [-0.05, 0) is 56.1 Å². The van der Waals surface area contributed by atoms with Crippen LogP contribution in [0, 0.1) is 23.0 Å². The van der Waals surface area contributed by atoms with Crippen molar-refractivity contribution in [3.05, 3.63) is 72.3 Å². The zero-order valence-electron chi connectivity index (χ0n) is 23.4. The van der Waals surface area contributed by atoms with Gasteiger partial charge in [-0.2, -0.15) is 0 Å². The van der Waals surface area contributed by atoms with Crippen LogP contribution in [0.2, 0.25) is 0 Å². The van der Waals surface area contributed by atoms with E-state index in [1.807, 2.05) is 18.3 Å². The molecule has 2 aromatic rings. The first kappa shape index (κ1) is 29.3. The molecule has 0 atom stereocenters. The molecule has 2 heterocycles. The standard InChI is InChI=1S/C31H41F2N3O2/c1-22(2)7-8-23(3)34-21-29(24(4)36-13-11-31(5,6)12-14-36)30-10-9-27(20-35-30)37-15-16-38-28-18-25(32)17-26(33)19-28/h9-10,17-22H,4,7-8,11-16H2,1-3,5-6H3/b29-21+,34-23-. The summed E-state index contributed by atoms with van der Waals surface area (Å²) in [6.45, 7) is 17.8. The molecule has 5 nitrogen and oxygen atoms in total. The lowest BCUT2D eigenvalue weighted by Crippen LogP contribution is -2.36. The summed E-state index contributed by atoms with van der Waals surface area (Å²) in [5.74, 6) is -0.0371. The Morgan fingerprint density at radius 1 is 1.08 bits per heavy atom. The minimum absolute atomic E-state index is 0.123. The largest absolute Gasteiger partial charge is 0.490 e. The van der Waals surface area contributed by atoms with Gasteiger partial charge in [0.1, 0.15) is 36.3 Å². The maximum atomic E-state index is 13.3. The summed E-state index contributed by atoms with van der Waals surface area (Å²) >= 11 is 0. The van der Waals surface area contributed by atoms with Crippen LogP contribution in [-0.2, 0) is 0 Å². The highest BCUT2D eigenvalue weighted by Crippen LogP contribution is 2.34. The second-order valence-electron chi connectivity index (χ2n) is 11.1. The number of nitrogens with zero attached hydrogens (tertiary/aromatic N) is 3. The van der Waals surface area contributed by atoms with Crippen molar-refractivity contribution in [3.63, 3.8) is 0 Å². The van der Waals surface area contributed by atoms with Gasteiger partial charge in [0, 0.05) is 54.5 Å². The molecule has 38 heavy (non-hydrogen) atoms. The summed E-state index contributed by atoms with van der Waals surface area (Å²) in [4.78, 5) is 11.7. The van der Waals surface area contributed by atoms with Gasteiger partial charge in [0.05, 0.1) is 11.9 Å². The maximum absolute atomic E-state index is 13.3. The third kappa shape index (κ3) is 9.26. The number of ether oxygens (including phenoxy) is 2. The number of likely N-dealkylation sites (tertiary alicyclic amines) is 1. The Kier molecular flexibility index (Phi) is 10.5. The van der Waals surface area contributed by atoms with Crippen LogP contribution in [-0.4, -0.2) is 41.9 Å². The van der Waals surface area contributed by atoms with Crippen LogP contribution in [0.15, 0.2) is 60.0 Å². The molecule has 7 heteroatoms. The second-order valence-corrected chi connectivity index (χ2v) is 11.1. The third-order valence-electron chi connectivity index (χ3n) is 6.78. The quantitative estimate of drug-likeness (QED) is 0.162. The number of hydrogen-bond donors (Lipinski definition) is 0. The number of rotatable bonds is 12. The van der Waals surface area contributed by atoms with Gasteiger partial charge < -0.3 is 14.4 Å². The summed E-state index contributed by atoms with van der Waals surface area (Å²) in [5.41, 5.74) is 4.03. The predicted octanol–water partition coefficient (Wildman–Crippen LogP) is 7.69. The highest BCUT2D eigenvalue weighted by Gasteiger charge is 2.27. The van der Waals surface area contributed by atoms with E-state index in [4.69, 9.17) is 14.5 Å². The van der Waals surface area contributed by atoms with E-state index in [2.05, 4.69) is 51.1 Å². The lowest BCUT2D eigenvalue weighted by atomic mass is 9.82. The molecule has 3 rings (SSSR count). The summed E-state index contributed by atoms with van der Waals surface area (Å²) < 4.78 is 37.7. The number of allylic oxidation sites excluding steroid dienone is 1. The molecule has 0 radical (unpaired) electrons. The van der Waals surface area contributed by atoms with Crippen molar-refractivity contribution in [1.29, 1.82) is 0 Å². The highest BCUT2D eigenvalue weighted by atomic mass is 19.1. The first-order valence-corrected chi connectivity index (χ1v) is 13.4. The van der Waals surface area contributed by atoms with Gasteiger partial charge in [0.2, 0.25) is 0 Å². The Morgan fingerprint density at radius 2 is 1.71 bits per heavy atom. The second kappa shape index (κ2) is 13.5. The topological polar surface area (TPSA) is 47.0 Å². The summed E-state index contributed by atoms with van der Waals surface area (Å²) in [5, 5.41) is 0. The van der Waals surface area contributed by atoms with E-state index in [0.717, 1.165) is 79.6 Å². The summed E-state index contributed by atoms with van der Waals surface area (Å²) in [7, 11) is 0. The molecule has 0 aliphatic carbocycles. The number of pyridine rings is 1. The van der Waals surface area contributed by atoms with Crippen molar-refractivity contribution in [3.8, 4) is 11.5 Å². The average Bonchev–Trinajstić information content (AvgIpc) is 2.85. The number of hydrogen-bond acceptors (Lipinski definition) is 5. The van der Waals surface area contributed by atoms with Crippen molar-refractivity contribution in [2.75, 3.05) is 26.3 Å². The molecule has 0 bridgehead atoms. The molecule has 1 saturated heterocycles. The molecule has 0 amide bonds. The van der Waals surface area contributed by atoms with Gasteiger partial charge in [0.25, 0.3) is 0 Å². The Morgan fingerprint density at radius 3 is 2.29 bits per heavy atom. The van der Waals surface area contributed by atoms with E-state index >= 15 is 0 Å². The molecular weight excluding hydrogens is 484 g/mol. The van der Waals surface area contributed by atoms with Gasteiger partial charge >= 0.3 is 0 Å². The normalized spacial score (nSPS) is 16.1. The fourth-order valence-electron chi connectivity index (χ4n) is 4.13. The fraction of sp³-hybridized carbons (Fsp3) is 0.484. The fourth-order valence-corrected chi connectivity index (χ4v) is 4.13. The SMILES string of the molecule is C=C(/C(=C\N=C(\C)CCC(C)C)c1ccc(OCCOc2cc(F)cc(F)c2)cn1)N1CCC(C)(C)CC1. The van der Waals surface area contributed by atoms with Gasteiger partial charge in [-0.1, -0.05) is 34.3 Å². The minimum atomic E-state index is -0.682. The zero-order valence-corrected chi connectivity index (χ0v) is 23.4. The molecule has 1 aliphatic rings. The van der Waals surface area contributed by atoms with Crippen molar-refractivity contribution in [2.24, 2.45) is 16.3 Å². The van der Waals surface area contributed by atoms with E-state index in [-0.39, 0.29) is 19.0 Å². The molecule has 1 aromatic heterocycles. The minimum Gasteiger partial charge on any atom is -0.490 e. The van der Waals surface area contributed by atoms with E-state index in [1.54, 1.807) is 6.20 Å². The lowest BCUT2D eigenvalue weighted by Gasteiger charge is -2.39. The molecule has 1 aromatic carbocycles. The van der Waals surface area contributed by atoms with E-state index in [9.17, 15) is 8.78 Å². The van der Waals surface area contributed by atoms with Crippen LogP contribution in [0.5, 0.6) is 11.5 Å². The summed E-state index contributed by atoms with van der Waals surface area (Å²) in [6, 6.07) is 6.83. The lowest BCUT2D eigenvalue weighted by molar-refractivity contribution is 0.167. The molecule has 0 unspecified atom stereocenters. The number of aliphatic imine (C=N–C) groups is 1. The van der Waals surface area contributed by atoms with Crippen LogP contribution >= 0.6 is 0 Å². The Bertz CT molecular complexity index is 1110. The first-order chi connectivity index (χ1) is 18.0. The highest BCUT2D eigenvalue weighted by molar-refractivity contribution is 5.84. The Hall–Kier alpha value is -3.22. The molecule has 0 spiro atoms. The van der Waals surface area contributed by atoms with Crippen molar-refractivity contribution < 1.29 is 18.3 Å². The van der Waals surface area contributed by atoms with Crippen molar-refractivity contribution in [2.45, 2.75) is 60.3 Å². The summed E-state index contributed by atoms with van der Waals surface area (Å²) in [6.07, 6.45) is 7.83. The Balaban J connectivity index is 1.67. The van der Waals surface area contributed by atoms with Gasteiger partial charge in [-0.15, -0.1) is 0 Å². The molecule has 1 fully saturated rings. The maximum Gasteiger partial charge on any atom is 0.137 e. The van der Waals surface area contributed by atoms with Crippen molar-refractivity contribution >= 4 is 11.3 Å². The smallest absolute Gasteiger partial charge is 0.137 e. The monoisotopic (exact) mass is 525 g/mol. The van der Waals surface area contributed by atoms with Crippen LogP contribution in [0.4, 0.5) is 8.78 Å². The first-order valence-electron chi connectivity index (χ1n) is 13.4. The van der Waals surface area contributed by atoms with Gasteiger partial charge in [0.15, 0.2) is 0 Å². The molecular formula is C31H41F2N3O2. The number of benzene rings is 1. The Labute approximate surface area is 226 Å². The predicted molar refractivity (Wildman–Crippen MR) is 150 cm³/mol. The van der Waals surface area contributed by atoms with Gasteiger partial charge in [-0.25, -0.2) is 8.78 Å². The van der Waals surface area contributed by atoms with E-state index in [1.165, 1.54) is 0 Å². The number of halogens is 2. The molecule has 1 aliphatic heterocycles. The van der Waals surface area contributed by atoms with Crippen LogP contribution in [0.3, 0.4) is 0 Å². The van der Waals surface area contributed by atoms with Gasteiger partial charge in [-0.3, -0.25) is 9.98 Å². The molecule has 0 N–H and O–H groups in total. The average molecular weight is 526 g/mol. The number of piperidine rings is 1. The van der Waals surface area contributed by atoms with Crippen LogP contribution in [0.1, 0.15) is 66.0 Å².